The summed E-state index contributed by atoms with van der Waals surface area (Å²) >= 11 is 0. The second kappa shape index (κ2) is 7.51. The minimum atomic E-state index is -4.87. The van der Waals surface area contributed by atoms with Gasteiger partial charge < -0.3 is 18.2 Å². The molecule has 0 saturated heterocycles. The van der Waals surface area contributed by atoms with E-state index >= 15 is 0 Å². The van der Waals surface area contributed by atoms with Gasteiger partial charge in [0.25, 0.3) is 10.4 Å². The normalized spacial score (nSPS) is 26.3. The van der Waals surface area contributed by atoms with Gasteiger partial charge in [0.05, 0.1) is 18.8 Å². The van der Waals surface area contributed by atoms with Gasteiger partial charge in [-0.05, 0) is 35.3 Å². The largest absolute Gasteiger partial charge is 1.00 e. The Morgan fingerprint density at radius 1 is 1.26 bits per heavy atom. The van der Waals surface area contributed by atoms with E-state index in [-0.39, 0.29) is 52.7 Å². The van der Waals surface area contributed by atoms with E-state index in [4.69, 9.17) is 9.47 Å². The van der Waals surface area contributed by atoms with Crippen LogP contribution in [0.1, 0.15) is 17.5 Å². The summed E-state index contributed by atoms with van der Waals surface area (Å²) in [5.74, 6) is 0.165. The molecule has 1 aromatic rings. The molecule has 0 unspecified atom stereocenters. The van der Waals surface area contributed by atoms with Crippen LogP contribution in [0.4, 0.5) is 0 Å². The van der Waals surface area contributed by atoms with E-state index in [1.54, 1.807) is 19.2 Å². The van der Waals surface area contributed by atoms with Crippen LogP contribution in [0, 0.1) is 0 Å². The van der Waals surface area contributed by atoms with Gasteiger partial charge in [-0.2, -0.15) is 0 Å². The van der Waals surface area contributed by atoms with Crippen LogP contribution in [0.2, 0.25) is 0 Å². The number of nitrogens with zero attached hydrogens (tertiary/aromatic N) is 1. The van der Waals surface area contributed by atoms with Crippen molar-refractivity contribution in [3.05, 3.63) is 47.1 Å². The minimum absolute atomic E-state index is 0. The zero-order valence-electron chi connectivity index (χ0n) is 15.6. The number of hydrogen-bond donors (Lipinski definition) is 0. The second-order valence-electron chi connectivity index (χ2n) is 6.70. The summed E-state index contributed by atoms with van der Waals surface area (Å²) in [5.41, 5.74) is 2.88. The molecule has 1 aliphatic carbocycles. The van der Waals surface area contributed by atoms with E-state index in [1.165, 1.54) is 12.7 Å². The molecule has 1 spiro atoms. The Balaban J connectivity index is 0.00000210. The molecule has 2 atom stereocenters. The second-order valence-corrected chi connectivity index (χ2v) is 7.69. The van der Waals surface area contributed by atoms with Gasteiger partial charge in [0.15, 0.2) is 11.5 Å². The van der Waals surface area contributed by atoms with E-state index in [1.807, 2.05) is 0 Å². The fourth-order valence-corrected chi connectivity index (χ4v) is 4.75. The van der Waals surface area contributed by atoms with Crippen molar-refractivity contribution in [1.29, 1.82) is 0 Å². The van der Waals surface area contributed by atoms with Crippen LogP contribution in [-0.2, 0) is 27.1 Å². The monoisotopic (exact) mass is 401 g/mol. The van der Waals surface area contributed by atoms with Crippen LogP contribution in [0.15, 0.2) is 35.9 Å². The van der Waals surface area contributed by atoms with Crippen LogP contribution in [0.3, 0.4) is 0 Å². The van der Waals surface area contributed by atoms with Gasteiger partial charge in [-0.1, -0.05) is 18.2 Å². The molecule has 2 aliphatic heterocycles. The van der Waals surface area contributed by atoms with Crippen LogP contribution in [0.5, 0.6) is 11.5 Å². The molecular formula is C18H20NNaO6S. The van der Waals surface area contributed by atoms with Crippen LogP contribution in [-0.4, -0.2) is 51.3 Å². The number of methoxy groups -OCH3 is 2. The van der Waals surface area contributed by atoms with Crippen molar-refractivity contribution >= 4 is 10.4 Å². The number of fused-ring (bicyclic) bond motifs is 1. The van der Waals surface area contributed by atoms with Gasteiger partial charge >= 0.3 is 29.6 Å². The molecule has 0 amide bonds. The molecule has 0 saturated carbocycles. The van der Waals surface area contributed by atoms with Gasteiger partial charge in [0.1, 0.15) is 0 Å². The Bertz CT molecular complexity index is 913. The number of rotatable bonds is 4. The Morgan fingerprint density at radius 3 is 2.70 bits per heavy atom. The Morgan fingerprint density at radius 2 is 2.04 bits per heavy atom. The van der Waals surface area contributed by atoms with Crippen molar-refractivity contribution < 1.29 is 56.2 Å². The fraction of sp³-hybridized carbons (Fsp3) is 0.444. The van der Waals surface area contributed by atoms with Gasteiger partial charge in [-0.3, -0.25) is 4.90 Å². The standard InChI is InChI=1S/C18H21NO6S.Na/c1-23-14-4-3-13-6-8-19-7-5-12-9-17(25-26(20,21)22)16(24-2)10-15(12)18(13,19)11-14;/h3-4,6,9-10,14H,5,7-8,11H2,1-2H3,(H,20,21,22);/q;+1/p-1/t14-,18+;/m0./s1. The number of benzene rings is 1. The summed E-state index contributed by atoms with van der Waals surface area (Å²) in [6.45, 7) is 1.68. The molecule has 0 N–H and O–H groups in total. The maximum Gasteiger partial charge on any atom is 1.00 e. The molecule has 1 aromatic carbocycles. The average molecular weight is 401 g/mol. The van der Waals surface area contributed by atoms with E-state index in [2.05, 4.69) is 27.3 Å². The number of ether oxygens (including phenoxy) is 2. The third-order valence-electron chi connectivity index (χ3n) is 5.52. The molecule has 7 nitrogen and oxygen atoms in total. The molecule has 9 heteroatoms. The Labute approximate surface area is 181 Å². The zero-order chi connectivity index (χ0) is 18.5. The Kier molecular flexibility index (Phi) is 5.80. The van der Waals surface area contributed by atoms with E-state index < -0.39 is 10.4 Å². The summed E-state index contributed by atoms with van der Waals surface area (Å²) in [7, 11) is -1.76. The molecule has 2 heterocycles. The smallest absolute Gasteiger partial charge is 0.716 e. The van der Waals surface area contributed by atoms with Crippen LogP contribution < -0.4 is 38.5 Å². The van der Waals surface area contributed by atoms with Gasteiger partial charge in [-0.15, -0.1) is 0 Å². The van der Waals surface area contributed by atoms with Crippen molar-refractivity contribution in [3.8, 4) is 11.5 Å². The van der Waals surface area contributed by atoms with Gasteiger partial charge in [-0.25, -0.2) is 8.42 Å². The van der Waals surface area contributed by atoms with Crippen LogP contribution in [0.25, 0.3) is 0 Å². The molecule has 3 aliphatic rings. The Hall–Kier alpha value is -0.870. The third kappa shape index (κ3) is 3.48. The minimum Gasteiger partial charge on any atom is -0.716 e. The summed E-state index contributed by atoms with van der Waals surface area (Å²) in [6.07, 6.45) is 7.87. The van der Waals surface area contributed by atoms with E-state index in [9.17, 15) is 13.0 Å². The quantitative estimate of drug-likeness (QED) is 0.345. The first-order valence-corrected chi connectivity index (χ1v) is 9.74. The molecule has 0 aromatic heterocycles. The summed E-state index contributed by atoms with van der Waals surface area (Å²) in [6, 6.07) is 3.42. The van der Waals surface area contributed by atoms with Gasteiger partial charge in [0.2, 0.25) is 0 Å². The molecule has 0 bridgehead atoms. The third-order valence-corrected chi connectivity index (χ3v) is 5.90. The van der Waals surface area contributed by atoms with Crippen molar-refractivity contribution in [2.45, 2.75) is 24.5 Å². The van der Waals surface area contributed by atoms with E-state index in [0.717, 1.165) is 37.1 Å². The first kappa shape index (κ1) is 20.9. The molecule has 0 fully saturated rings. The summed E-state index contributed by atoms with van der Waals surface area (Å²) in [4.78, 5) is 2.41. The van der Waals surface area contributed by atoms with Gasteiger partial charge in [0, 0.05) is 26.6 Å². The maximum absolute atomic E-state index is 11.1. The van der Waals surface area contributed by atoms with Crippen LogP contribution >= 0.6 is 0 Å². The average Bonchev–Trinajstić information content (AvgIpc) is 2.98. The SMILES string of the molecule is COc1cc2c(cc1OS(=O)(=O)[O-])CCN1CC=C3C=C[C@H](OC)C[C@@]321.[Na+]. The topological polar surface area (TPSA) is 88.1 Å². The maximum atomic E-state index is 11.1. The summed E-state index contributed by atoms with van der Waals surface area (Å²) < 4.78 is 48.7. The first-order chi connectivity index (χ1) is 12.4. The van der Waals surface area contributed by atoms with Crippen molar-refractivity contribution in [2.24, 2.45) is 0 Å². The van der Waals surface area contributed by atoms with E-state index in [0.29, 0.717) is 0 Å². The molecule has 27 heavy (non-hydrogen) atoms. The predicted octanol–water partition coefficient (Wildman–Crippen LogP) is -1.49. The van der Waals surface area contributed by atoms with Crippen molar-refractivity contribution in [3.63, 3.8) is 0 Å². The van der Waals surface area contributed by atoms with Crippen molar-refractivity contribution in [2.75, 3.05) is 27.3 Å². The zero-order valence-corrected chi connectivity index (χ0v) is 18.4. The fourth-order valence-electron chi connectivity index (χ4n) is 4.40. The summed E-state index contributed by atoms with van der Waals surface area (Å²) in [5, 5.41) is 0. The molecule has 4 rings (SSSR count). The first-order valence-electron chi connectivity index (χ1n) is 8.41. The molecular weight excluding hydrogens is 381 g/mol. The molecule has 0 radical (unpaired) electrons. The number of hydrogen-bond acceptors (Lipinski definition) is 7. The predicted molar refractivity (Wildman–Crippen MR) is 92.9 cm³/mol. The van der Waals surface area contributed by atoms with Crippen molar-refractivity contribution in [1.82, 2.24) is 4.90 Å². The molecule has 140 valence electrons.